The van der Waals surface area contributed by atoms with E-state index in [2.05, 4.69) is 32.2 Å². The van der Waals surface area contributed by atoms with Gasteiger partial charge in [-0.2, -0.15) is 0 Å². The van der Waals surface area contributed by atoms with Crippen LogP contribution in [0.2, 0.25) is 5.02 Å². The number of hydrogen-bond donors (Lipinski definition) is 1. The van der Waals surface area contributed by atoms with Gasteiger partial charge >= 0.3 is 0 Å². The van der Waals surface area contributed by atoms with Gasteiger partial charge in [0.15, 0.2) is 0 Å². The molecule has 0 spiro atoms. The topological polar surface area (TPSA) is 24.5 Å². The minimum atomic E-state index is 0.404. The van der Waals surface area contributed by atoms with E-state index >= 15 is 0 Å². The average molecular weight is 374 g/mol. The third-order valence-corrected chi connectivity index (χ3v) is 5.37. The van der Waals surface area contributed by atoms with Crippen LogP contribution in [0.5, 0.6) is 0 Å². The van der Waals surface area contributed by atoms with Crippen LogP contribution in [-0.4, -0.2) is 44.3 Å². The second kappa shape index (κ2) is 7.42. The molecule has 2 aliphatic heterocycles. The molecular formula is C16H22BrClN2O. The lowest BCUT2D eigenvalue weighted by Gasteiger charge is -2.41. The third kappa shape index (κ3) is 3.80. The van der Waals surface area contributed by atoms with Gasteiger partial charge in [-0.1, -0.05) is 27.5 Å². The van der Waals surface area contributed by atoms with Gasteiger partial charge in [-0.25, -0.2) is 0 Å². The molecule has 0 unspecified atom stereocenters. The van der Waals surface area contributed by atoms with E-state index in [4.69, 9.17) is 16.3 Å². The van der Waals surface area contributed by atoms with E-state index in [1.807, 2.05) is 12.1 Å². The molecule has 1 atom stereocenters. The summed E-state index contributed by atoms with van der Waals surface area (Å²) >= 11 is 10.1. The van der Waals surface area contributed by atoms with Crippen molar-refractivity contribution in [2.24, 2.45) is 5.92 Å². The van der Waals surface area contributed by atoms with Crippen molar-refractivity contribution in [3.63, 3.8) is 0 Å². The predicted octanol–water partition coefficient (Wildman–Crippen LogP) is 3.48. The van der Waals surface area contributed by atoms with Crippen LogP contribution < -0.4 is 5.32 Å². The number of nitrogens with one attached hydrogen (secondary N) is 1. The Morgan fingerprint density at radius 1 is 1.24 bits per heavy atom. The Morgan fingerprint density at radius 3 is 2.67 bits per heavy atom. The molecule has 21 heavy (non-hydrogen) atoms. The molecule has 0 amide bonds. The minimum absolute atomic E-state index is 0.404. The smallest absolute Gasteiger partial charge is 0.0469 e. The molecule has 2 fully saturated rings. The predicted molar refractivity (Wildman–Crippen MR) is 89.9 cm³/mol. The summed E-state index contributed by atoms with van der Waals surface area (Å²) in [6.07, 6.45) is 2.24. The second-order valence-electron chi connectivity index (χ2n) is 5.85. The molecule has 1 N–H and O–H groups in total. The maximum absolute atomic E-state index is 6.54. The Labute approximate surface area is 140 Å². The van der Waals surface area contributed by atoms with Crippen molar-refractivity contribution in [1.29, 1.82) is 0 Å². The molecule has 5 heteroatoms. The van der Waals surface area contributed by atoms with Gasteiger partial charge in [0, 0.05) is 54.9 Å². The minimum Gasteiger partial charge on any atom is -0.381 e. The molecule has 1 aromatic carbocycles. The van der Waals surface area contributed by atoms with Crippen LogP contribution in [0.1, 0.15) is 24.4 Å². The van der Waals surface area contributed by atoms with Crippen molar-refractivity contribution in [2.45, 2.75) is 18.9 Å². The van der Waals surface area contributed by atoms with Gasteiger partial charge in [0.25, 0.3) is 0 Å². The summed E-state index contributed by atoms with van der Waals surface area (Å²) < 4.78 is 6.66. The van der Waals surface area contributed by atoms with Gasteiger partial charge in [-0.15, -0.1) is 0 Å². The van der Waals surface area contributed by atoms with Gasteiger partial charge in [-0.3, -0.25) is 4.90 Å². The number of nitrogens with zero attached hydrogens (tertiary/aromatic N) is 1. The van der Waals surface area contributed by atoms with E-state index < -0.39 is 0 Å². The Bertz CT molecular complexity index is 455. The molecule has 2 saturated heterocycles. The summed E-state index contributed by atoms with van der Waals surface area (Å²) in [6, 6.07) is 6.63. The van der Waals surface area contributed by atoms with E-state index in [1.54, 1.807) is 0 Å². The molecule has 0 aliphatic carbocycles. The monoisotopic (exact) mass is 372 g/mol. The quantitative estimate of drug-likeness (QED) is 0.878. The molecule has 3 nitrogen and oxygen atoms in total. The first-order valence-electron chi connectivity index (χ1n) is 7.73. The lowest BCUT2D eigenvalue weighted by Crippen LogP contribution is -2.47. The number of halogens is 2. The first-order valence-corrected chi connectivity index (χ1v) is 8.90. The second-order valence-corrected chi connectivity index (χ2v) is 7.17. The van der Waals surface area contributed by atoms with Crippen molar-refractivity contribution < 1.29 is 4.74 Å². The molecule has 0 radical (unpaired) electrons. The van der Waals surface area contributed by atoms with Crippen LogP contribution in [0.25, 0.3) is 0 Å². The molecule has 2 aliphatic rings. The summed E-state index contributed by atoms with van der Waals surface area (Å²) in [4.78, 5) is 2.60. The van der Waals surface area contributed by atoms with Crippen LogP contribution in [0.4, 0.5) is 0 Å². The van der Waals surface area contributed by atoms with Crippen LogP contribution >= 0.6 is 27.5 Å². The molecule has 116 valence electrons. The fraction of sp³-hybridized carbons (Fsp3) is 0.625. The Morgan fingerprint density at radius 2 is 1.95 bits per heavy atom. The lowest BCUT2D eigenvalue weighted by atomic mass is 9.85. The summed E-state index contributed by atoms with van der Waals surface area (Å²) in [5, 5.41) is 4.32. The summed E-state index contributed by atoms with van der Waals surface area (Å²) in [5.74, 6) is 0.628. The molecule has 0 aromatic heterocycles. The first-order chi connectivity index (χ1) is 10.3. The normalized spacial score (nSPS) is 23.1. The molecule has 2 heterocycles. The highest BCUT2D eigenvalue weighted by Gasteiger charge is 2.32. The standard InChI is InChI=1S/C16H22BrClN2O/c17-13-1-2-15(18)14(11-13)16(12-3-9-21-10-4-12)20-7-5-19-6-8-20/h1-2,11-12,16,19H,3-10H2/t16-/m1/s1. The highest BCUT2D eigenvalue weighted by atomic mass is 79.9. The van der Waals surface area contributed by atoms with E-state index in [-0.39, 0.29) is 0 Å². The lowest BCUT2D eigenvalue weighted by molar-refractivity contribution is 0.0213. The van der Waals surface area contributed by atoms with Crippen LogP contribution in [0, 0.1) is 5.92 Å². The largest absolute Gasteiger partial charge is 0.381 e. The van der Waals surface area contributed by atoms with Crippen molar-refractivity contribution >= 4 is 27.5 Å². The van der Waals surface area contributed by atoms with Gasteiger partial charge < -0.3 is 10.1 Å². The van der Waals surface area contributed by atoms with Crippen LogP contribution in [-0.2, 0) is 4.74 Å². The van der Waals surface area contributed by atoms with Crippen molar-refractivity contribution in [3.05, 3.63) is 33.3 Å². The van der Waals surface area contributed by atoms with Gasteiger partial charge in [0.05, 0.1) is 0 Å². The summed E-state index contributed by atoms with van der Waals surface area (Å²) in [6.45, 7) is 6.05. The van der Waals surface area contributed by atoms with E-state index in [9.17, 15) is 0 Å². The third-order valence-electron chi connectivity index (χ3n) is 4.53. The number of hydrogen-bond acceptors (Lipinski definition) is 3. The van der Waals surface area contributed by atoms with Crippen LogP contribution in [0.3, 0.4) is 0 Å². The number of ether oxygens (including phenoxy) is 1. The molecule has 0 saturated carbocycles. The number of benzene rings is 1. The average Bonchev–Trinajstić information content (AvgIpc) is 2.53. The zero-order chi connectivity index (χ0) is 14.7. The summed E-state index contributed by atoms with van der Waals surface area (Å²) in [5.41, 5.74) is 1.26. The Balaban J connectivity index is 1.91. The highest BCUT2D eigenvalue weighted by Crippen LogP contribution is 2.39. The van der Waals surface area contributed by atoms with Crippen molar-refractivity contribution in [3.8, 4) is 0 Å². The van der Waals surface area contributed by atoms with E-state index in [0.717, 1.165) is 61.7 Å². The SMILES string of the molecule is Clc1ccc(Br)cc1[C@@H](C1CCOCC1)N1CCNCC1. The highest BCUT2D eigenvalue weighted by molar-refractivity contribution is 9.10. The van der Waals surface area contributed by atoms with Gasteiger partial charge in [0.2, 0.25) is 0 Å². The number of rotatable bonds is 3. The molecule has 0 bridgehead atoms. The summed E-state index contributed by atoms with van der Waals surface area (Å²) in [7, 11) is 0. The Hall–Kier alpha value is -0.130. The molecule has 3 rings (SSSR count). The zero-order valence-corrected chi connectivity index (χ0v) is 14.5. The van der Waals surface area contributed by atoms with E-state index in [1.165, 1.54) is 5.56 Å². The van der Waals surface area contributed by atoms with Crippen molar-refractivity contribution in [2.75, 3.05) is 39.4 Å². The molecule has 1 aromatic rings. The fourth-order valence-corrected chi connectivity index (χ4v) is 4.09. The maximum Gasteiger partial charge on any atom is 0.0469 e. The fourth-order valence-electron chi connectivity index (χ4n) is 3.48. The molecular weight excluding hydrogens is 352 g/mol. The van der Waals surface area contributed by atoms with Crippen LogP contribution in [0.15, 0.2) is 22.7 Å². The zero-order valence-electron chi connectivity index (χ0n) is 12.2. The van der Waals surface area contributed by atoms with Gasteiger partial charge in [-0.05, 0) is 42.5 Å². The Kier molecular flexibility index (Phi) is 5.57. The van der Waals surface area contributed by atoms with E-state index in [0.29, 0.717) is 12.0 Å². The van der Waals surface area contributed by atoms with Crippen molar-refractivity contribution in [1.82, 2.24) is 10.2 Å². The number of piperazine rings is 1. The first kappa shape index (κ1) is 15.8. The maximum atomic E-state index is 6.54. The van der Waals surface area contributed by atoms with Gasteiger partial charge in [0.1, 0.15) is 0 Å².